The van der Waals surface area contributed by atoms with E-state index in [0.29, 0.717) is 13.1 Å². The van der Waals surface area contributed by atoms with Crippen molar-refractivity contribution in [3.8, 4) is 5.75 Å². The number of halogens is 3. The minimum atomic E-state index is -4.51. The predicted molar refractivity (Wildman–Crippen MR) is 73.7 cm³/mol. The molecule has 0 spiro atoms. The molecule has 2 heterocycles. The van der Waals surface area contributed by atoms with Gasteiger partial charge in [-0.05, 0) is 31.5 Å². The molecule has 1 saturated heterocycles. The first-order chi connectivity index (χ1) is 10.3. The number of ether oxygens (including phenoxy) is 1. The molecule has 2 aliphatic rings. The van der Waals surface area contributed by atoms with Crippen LogP contribution in [0.3, 0.4) is 0 Å². The molecule has 120 valence electrons. The molecule has 0 aliphatic carbocycles. The van der Waals surface area contributed by atoms with E-state index in [1.54, 1.807) is 13.8 Å². The van der Waals surface area contributed by atoms with E-state index in [1.807, 2.05) is 0 Å². The molecule has 22 heavy (non-hydrogen) atoms. The number of nitrogens with one attached hydrogen (secondary N) is 1. The molecule has 2 aliphatic heterocycles. The van der Waals surface area contributed by atoms with E-state index in [2.05, 4.69) is 5.32 Å². The third-order valence-electron chi connectivity index (χ3n) is 4.02. The van der Waals surface area contributed by atoms with Gasteiger partial charge in [0.1, 0.15) is 11.9 Å². The van der Waals surface area contributed by atoms with Crippen molar-refractivity contribution in [2.45, 2.75) is 38.7 Å². The largest absolute Gasteiger partial charge is 0.488 e. The minimum Gasteiger partial charge on any atom is -0.488 e. The van der Waals surface area contributed by atoms with Gasteiger partial charge >= 0.3 is 6.18 Å². The zero-order valence-electron chi connectivity index (χ0n) is 12.3. The van der Waals surface area contributed by atoms with Gasteiger partial charge in [0.05, 0.1) is 5.56 Å². The first-order valence-corrected chi connectivity index (χ1v) is 7.20. The Morgan fingerprint density at radius 2 is 2.00 bits per heavy atom. The number of rotatable bonds is 3. The Labute approximate surface area is 126 Å². The van der Waals surface area contributed by atoms with Gasteiger partial charge in [-0.25, -0.2) is 0 Å². The molecule has 0 aromatic heterocycles. The Kier molecular flexibility index (Phi) is 3.55. The number of amides is 1. The van der Waals surface area contributed by atoms with E-state index >= 15 is 0 Å². The summed E-state index contributed by atoms with van der Waals surface area (Å²) in [5, 5.41) is 2.99. The van der Waals surface area contributed by atoms with Crippen LogP contribution < -0.4 is 10.1 Å². The number of hydrogen-bond donors (Lipinski definition) is 1. The summed E-state index contributed by atoms with van der Waals surface area (Å²) < 4.78 is 45.5. The third-order valence-corrected chi connectivity index (χ3v) is 4.02. The first-order valence-electron chi connectivity index (χ1n) is 7.20. The van der Waals surface area contributed by atoms with Crippen LogP contribution in [0.15, 0.2) is 12.1 Å². The lowest BCUT2D eigenvalue weighted by Gasteiger charge is -2.28. The SMILES string of the molecule is CC(C)N1Cc2c(cc(OC3CNC3)cc2C(F)(F)F)C1=O. The molecule has 0 radical (unpaired) electrons. The average molecular weight is 314 g/mol. The van der Waals surface area contributed by atoms with E-state index in [9.17, 15) is 18.0 Å². The van der Waals surface area contributed by atoms with Crippen LogP contribution in [0, 0.1) is 0 Å². The highest BCUT2D eigenvalue weighted by Gasteiger charge is 2.41. The molecule has 1 aromatic rings. The highest BCUT2D eigenvalue weighted by molar-refractivity contribution is 5.99. The lowest BCUT2D eigenvalue weighted by Crippen LogP contribution is -2.50. The third kappa shape index (κ3) is 2.54. The molecule has 0 unspecified atom stereocenters. The number of nitrogens with zero attached hydrogens (tertiary/aromatic N) is 1. The average Bonchev–Trinajstić information content (AvgIpc) is 2.70. The van der Waals surface area contributed by atoms with Crippen molar-refractivity contribution in [1.29, 1.82) is 0 Å². The Balaban J connectivity index is 2.03. The lowest BCUT2D eigenvalue weighted by molar-refractivity contribution is -0.138. The minimum absolute atomic E-state index is 0.00800. The van der Waals surface area contributed by atoms with Gasteiger partial charge in [0.25, 0.3) is 5.91 Å². The molecule has 0 bridgehead atoms. The molecule has 1 amide bonds. The quantitative estimate of drug-likeness (QED) is 0.931. The summed E-state index contributed by atoms with van der Waals surface area (Å²) in [5.74, 6) is -0.260. The van der Waals surface area contributed by atoms with Gasteiger partial charge in [-0.3, -0.25) is 4.79 Å². The fraction of sp³-hybridized carbons (Fsp3) is 0.533. The molecule has 7 heteroatoms. The summed E-state index contributed by atoms with van der Waals surface area (Å²) >= 11 is 0. The molecule has 1 aromatic carbocycles. The van der Waals surface area contributed by atoms with Crippen LogP contribution in [0.4, 0.5) is 13.2 Å². The number of fused-ring (bicyclic) bond motifs is 1. The Hall–Kier alpha value is -1.76. The van der Waals surface area contributed by atoms with E-state index in [0.717, 1.165) is 6.07 Å². The standard InChI is InChI=1S/C15H17F3N2O2/c1-8(2)20-7-12-11(14(20)21)3-9(22-10-5-19-6-10)4-13(12)15(16,17)18/h3-4,8,10,19H,5-7H2,1-2H3. The van der Waals surface area contributed by atoms with E-state index < -0.39 is 11.7 Å². The van der Waals surface area contributed by atoms with Crippen LogP contribution in [0.25, 0.3) is 0 Å². The predicted octanol–water partition coefficient (Wildman–Crippen LogP) is 2.42. The summed E-state index contributed by atoms with van der Waals surface area (Å²) in [6.07, 6.45) is -4.65. The molecule has 1 N–H and O–H groups in total. The maximum absolute atomic E-state index is 13.3. The second kappa shape index (κ2) is 5.15. The first kappa shape index (κ1) is 15.1. The Morgan fingerprint density at radius 1 is 1.32 bits per heavy atom. The summed E-state index contributed by atoms with van der Waals surface area (Å²) in [4.78, 5) is 13.8. The van der Waals surface area contributed by atoms with E-state index in [-0.39, 0.29) is 41.5 Å². The van der Waals surface area contributed by atoms with Gasteiger partial charge in [-0.2, -0.15) is 13.2 Å². The van der Waals surface area contributed by atoms with Crippen molar-refractivity contribution in [2.75, 3.05) is 13.1 Å². The van der Waals surface area contributed by atoms with Crippen molar-refractivity contribution in [2.24, 2.45) is 0 Å². The van der Waals surface area contributed by atoms with E-state index in [4.69, 9.17) is 4.74 Å². The summed E-state index contributed by atoms with van der Waals surface area (Å²) in [5.41, 5.74) is -0.625. The normalized spacial score (nSPS) is 18.6. The Bertz CT molecular complexity index is 610. The topological polar surface area (TPSA) is 41.6 Å². The number of carbonyl (C=O) groups is 1. The fourth-order valence-electron chi connectivity index (χ4n) is 2.68. The van der Waals surface area contributed by atoms with Gasteiger partial charge in [0.15, 0.2) is 0 Å². The molecular formula is C15H17F3N2O2. The van der Waals surface area contributed by atoms with Crippen molar-refractivity contribution in [1.82, 2.24) is 10.2 Å². The summed E-state index contributed by atoms with van der Waals surface area (Å²) in [7, 11) is 0. The number of alkyl halides is 3. The molecule has 0 saturated carbocycles. The second-order valence-corrected chi connectivity index (χ2v) is 5.92. The number of carbonyl (C=O) groups excluding carboxylic acids is 1. The summed E-state index contributed by atoms with van der Waals surface area (Å²) in [6, 6.07) is 2.29. The molecule has 4 nitrogen and oxygen atoms in total. The van der Waals surface area contributed by atoms with E-state index in [1.165, 1.54) is 11.0 Å². The van der Waals surface area contributed by atoms with Gasteiger partial charge in [0, 0.05) is 31.2 Å². The van der Waals surface area contributed by atoms with Gasteiger partial charge in [0.2, 0.25) is 0 Å². The zero-order chi connectivity index (χ0) is 16.1. The molecule has 3 rings (SSSR count). The number of hydrogen-bond acceptors (Lipinski definition) is 3. The van der Waals surface area contributed by atoms with Gasteiger partial charge in [-0.1, -0.05) is 0 Å². The number of benzene rings is 1. The summed E-state index contributed by atoms with van der Waals surface area (Å²) in [6.45, 7) is 4.77. The zero-order valence-corrected chi connectivity index (χ0v) is 12.3. The Morgan fingerprint density at radius 3 is 2.50 bits per heavy atom. The molecule has 1 fully saturated rings. The molecule has 0 atom stereocenters. The maximum Gasteiger partial charge on any atom is 0.416 e. The lowest BCUT2D eigenvalue weighted by atomic mass is 10.0. The van der Waals surface area contributed by atoms with Crippen molar-refractivity contribution >= 4 is 5.91 Å². The maximum atomic E-state index is 13.3. The smallest absolute Gasteiger partial charge is 0.416 e. The van der Waals surface area contributed by atoms with Crippen LogP contribution >= 0.6 is 0 Å². The van der Waals surface area contributed by atoms with Crippen molar-refractivity contribution in [3.63, 3.8) is 0 Å². The van der Waals surface area contributed by atoms with Crippen molar-refractivity contribution in [3.05, 3.63) is 28.8 Å². The van der Waals surface area contributed by atoms with Gasteiger partial charge in [-0.15, -0.1) is 0 Å². The fourth-order valence-corrected chi connectivity index (χ4v) is 2.68. The van der Waals surface area contributed by atoms with Gasteiger partial charge < -0.3 is 15.0 Å². The monoisotopic (exact) mass is 314 g/mol. The second-order valence-electron chi connectivity index (χ2n) is 5.92. The van der Waals surface area contributed by atoms with Crippen LogP contribution in [0.1, 0.15) is 35.3 Å². The van der Waals surface area contributed by atoms with Crippen LogP contribution in [-0.2, 0) is 12.7 Å². The van der Waals surface area contributed by atoms with Crippen molar-refractivity contribution < 1.29 is 22.7 Å². The van der Waals surface area contributed by atoms with Crippen LogP contribution in [-0.4, -0.2) is 36.0 Å². The highest BCUT2D eigenvalue weighted by Crippen LogP contribution is 2.40. The highest BCUT2D eigenvalue weighted by atomic mass is 19.4. The van der Waals surface area contributed by atoms with Crippen LogP contribution in [0.2, 0.25) is 0 Å². The molecular weight excluding hydrogens is 297 g/mol. The van der Waals surface area contributed by atoms with Crippen LogP contribution in [0.5, 0.6) is 5.75 Å².